The van der Waals surface area contributed by atoms with E-state index in [1.807, 2.05) is 24.3 Å². The molecule has 0 aliphatic heterocycles. The molecule has 4 heteroatoms. The number of aliphatic hydroxyl groups is 2. The monoisotopic (exact) mass is 245 g/mol. The molecule has 1 aromatic rings. The van der Waals surface area contributed by atoms with Gasteiger partial charge in [-0.05, 0) is 28.1 Å². The van der Waals surface area contributed by atoms with Gasteiger partial charge in [0.1, 0.15) is 0 Å². The van der Waals surface area contributed by atoms with E-state index in [1.54, 1.807) is 0 Å². The summed E-state index contributed by atoms with van der Waals surface area (Å²) in [5, 5.41) is 20.7. The highest BCUT2D eigenvalue weighted by molar-refractivity contribution is 9.10. The van der Waals surface area contributed by atoms with Gasteiger partial charge in [0.25, 0.3) is 0 Å². The van der Waals surface area contributed by atoms with Crippen LogP contribution in [-0.2, 0) is 0 Å². The summed E-state index contributed by atoms with van der Waals surface area (Å²) in [6, 6.07) is 7.62. The van der Waals surface area contributed by atoms with Crippen LogP contribution in [0.5, 0.6) is 0 Å². The van der Waals surface area contributed by atoms with Gasteiger partial charge in [0.05, 0.1) is 12.7 Å². The normalized spacial score (nSPS) is 12.5. The van der Waals surface area contributed by atoms with Crippen LogP contribution >= 0.6 is 15.9 Å². The summed E-state index contributed by atoms with van der Waals surface area (Å²) in [5.41, 5.74) is 0.912. The van der Waals surface area contributed by atoms with Gasteiger partial charge in [-0.25, -0.2) is 0 Å². The average Bonchev–Trinajstić information content (AvgIpc) is 2.16. The van der Waals surface area contributed by atoms with E-state index in [2.05, 4.69) is 21.2 Å². The number of hydrogen-bond donors (Lipinski definition) is 3. The molecular weight excluding hydrogens is 234 g/mol. The molecule has 0 saturated heterocycles. The van der Waals surface area contributed by atoms with Gasteiger partial charge in [-0.1, -0.05) is 12.1 Å². The van der Waals surface area contributed by atoms with Crippen LogP contribution in [0.3, 0.4) is 0 Å². The van der Waals surface area contributed by atoms with E-state index in [1.165, 1.54) is 0 Å². The van der Waals surface area contributed by atoms with Crippen molar-refractivity contribution in [3.05, 3.63) is 28.7 Å². The summed E-state index contributed by atoms with van der Waals surface area (Å²) in [7, 11) is 0. The topological polar surface area (TPSA) is 52.5 Å². The second-order valence-corrected chi connectivity index (χ2v) is 3.55. The Bertz CT molecular complexity index is 268. The molecule has 72 valence electrons. The van der Waals surface area contributed by atoms with E-state index in [0.29, 0.717) is 6.54 Å². The first-order valence-corrected chi connectivity index (χ1v) is 4.80. The molecule has 0 aliphatic rings. The lowest BCUT2D eigenvalue weighted by Crippen LogP contribution is -2.23. The number of halogens is 1. The fourth-order valence-corrected chi connectivity index (χ4v) is 1.32. The maximum atomic E-state index is 9.08. The summed E-state index contributed by atoms with van der Waals surface area (Å²) < 4.78 is 0.945. The predicted molar refractivity (Wildman–Crippen MR) is 55.7 cm³/mol. The minimum Gasteiger partial charge on any atom is -0.394 e. The minimum absolute atomic E-state index is 0.225. The van der Waals surface area contributed by atoms with Crippen LogP contribution in [0.2, 0.25) is 0 Å². The molecule has 0 saturated carbocycles. The first-order valence-electron chi connectivity index (χ1n) is 4.01. The van der Waals surface area contributed by atoms with Crippen LogP contribution in [0.4, 0.5) is 5.69 Å². The molecule has 0 amide bonds. The summed E-state index contributed by atoms with van der Waals surface area (Å²) in [5.74, 6) is 0. The Kier molecular flexibility index (Phi) is 4.21. The molecule has 0 spiro atoms. The third kappa shape index (κ3) is 3.34. The van der Waals surface area contributed by atoms with E-state index in [-0.39, 0.29) is 6.61 Å². The number of benzene rings is 1. The van der Waals surface area contributed by atoms with Crippen molar-refractivity contribution in [2.24, 2.45) is 0 Å². The lowest BCUT2D eigenvalue weighted by Gasteiger charge is -2.11. The van der Waals surface area contributed by atoms with Gasteiger partial charge in [0, 0.05) is 16.7 Å². The van der Waals surface area contributed by atoms with E-state index >= 15 is 0 Å². The van der Waals surface area contributed by atoms with E-state index in [0.717, 1.165) is 10.2 Å². The Balaban J connectivity index is 2.50. The summed E-state index contributed by atoms with van der Waals surface area (Å²) >= 11 is 3.36. The third-order valence-electron chi connectivity index (χ3n) is 1.61. The Morgan fingerprint density at radius 1 is 1.38 bits per heavy atom. The zero-order valence-electron chi connectivity index (χ0n) is 7.07. The quantitative estimate of drug-likeness (QED) is 0.748. The highest BCUT2D eigenvalue weighted by Crippen LogP contribution is 2.20. The van der Waals surface area contributed by atoms with Crippen molar-refractivity contribution in [1.82, 2.24) is 0 Å². The molecule has 0 aromatic heterocycles. The molecule has 0 aliphatic carbocycles. The number of hydrogen-bond acceptors (Lipinski definition) is 3. The lowest BCUT2D eigenvalue weighted by molar-refractivity contribution is 0.105. The standard InChI is InChI=1S/C9H12BrNO2/c10-8-3-1-2-4-9(8)11-5-7(13)6-12/h1-4,7,11-13H,5-6H2. The molecule has 13 heavy (non-hydrogen) atoms. The summed E-state index contributed by atoms with van der Waals surface area (Å²) in [6.45, 7) is 0.122. The first-order chi connectivity index (χ1) is 6.24. The second kappa shape index (κ2) is 5.21. The second-order valence-electron chi connectivity index (χ2n) is 2.70. The van der Waals surface area contributed by atoms with Crippen LogP contribution in [0.25, 0.3) is 0 Å². The van der Waals surface area contributed by atoms with E-state index < -0.39 is 6.10 Å². The molecule has 0 radical (unpaired) electrons. The molecule has 1 unspecified atom stereocenters. The zero-order chi connectivity index (χ0) is 9.68. The van der Waals surface area contributed by atoms with Crippen LogP contribution < -0.4 is 5.32 Å². The number of nitrogens with one attached hydrogen (secondary N) is 1. The van der Waals surface area contributed by atoms with Crippen LogP contribution in [0.15, 0.2) is 28.7 Å². The number of para-hydroxylation sites is 1. The number of anilines is 1. The Hall–Kier alpha value is -0.580. The Labute approximate surface area is 85.5 Å². The van der Waals surface area contributed by atoms with Gasteiger partial charge in [-0.2, -0.15) is 0 Å². The Morgan fingerprint density at radius 2 is 2.08 bits per heavy atom. The van der Waals surface area contributed by atoms with Crippen LogP contribution in [0.1, 0.15) is 0 Å². The summed E-state index contributed by atoms with van der Waals surface area (Å²) in [4.78, 5) is 0. The maximum Gasteiger partial charge on any atom is 0.0942 e. The molecular formula is C9H12BrNO2. The highest BCUT2D eigenvalue weighted by Gasteiger charge is 2.02. The van der Waals surface area contributed by atoms with Crippen LogP contribution in [-0.4, -0.2) is 29.5 Å². The molecule has 0 bridgehead atoms. The first kappa shape index (κ1) is 10.5. The van der Waals surface area contributed by atoms with Gasteiger partial charge in [-0.3, -0.25) is 0 Å². The molecule has 1 aromatic carbocycles. The predicted octanol–water partition coefficient (Wildman–Crippen LogP) is 1.21. The van der Waals surface area contributed by atoms with E-state index in [4.69, 9.17) is 10.2 Å². The van der Waals surface area contributed by atoms with Crippen molar-refractivity contribution in [2.75, 3.05) is 18.5 Å². The van der Waals surface area contributed by atoms with Crippen molar-refractivity contribution < 1.29 is 10.2 Å². The fraction of sp³-hybridized carbons (Fsp3) is 0.333. The largest absolute Gasteiger partial charge is 0.394 e. The van der Waals surface area contributed by atoms with Gasteiger partial charge >= 0.3 is 0 Å². The van der Waals surface area contributed by atoms with Crippen molar-refractivity contribution in [1.29, 1.82) is 0 Å². The maximum absolute atomic E-state index is 9.08. The zero-order valence-corrected chi connectivity index (χ0v) is 8.66. The molecule has 3 nitrogen and oxygen atoms in total. The molecule has 1 atom stereocenters. The molecule has 1 rings (SSSR count). The highest BCUT2D eigenvalue weighted by atomic mass is 79.9. The van der Waals surface area contributed by atoms with Gasteiger partial charge < -0.3 is 15.5 Å². The van der Waals surface area contributed by atoms with Gasteiger partial charge in [0.2, 0.25) is 0 Å². The summed E-state index contributed by atoms with van der Waals surface area (Å²) in [6.07, 6.45) is -0.716. The SMILES string of the molecule is OCC(O)CNc1ccccc1Br. The van der Waals surface area contributed by atoms with Crippen molar-refractivity contribution in [3.8, 4) is 0 Å². The van der Waals surface area contributed by atoms with Crippen molar-refractivity contribution >= 4 is 21.6 Å². The van der Waals surface area contributed by atoms with Crippen LogP contribution in [0, 0.1) is 0 Å². The third-order valence-corrected chi connectivity index (χ3v) is 2.30. The van der Waals surface area contributed by atoms with Gasteiger partial charge in [0.15, 0.2) is 0 Å². The average molecular weight is 246 g/mol. The minimum atomic E-state index is -0.716. The van der Waals surface area contributed by atoms with Crippen molar-refractivity contribution in [3.63, 3.8) is 0 Å². The lowest BCUT2D eigenvalue weighted by atomic mass is 10.3. The molecule has 3 N–H and O–H groups in total. The fourth-order valence-electron chi connectivity index (χ4n) is 0.897. The van der Waals surface area contributed by atoms with E-state index in [9.17, 15) is 0 Å². The number of rotatable bonds is 4. The van der Waals surface area contributed by atoms with Gasteiger partial charge in [-0.15, -0.1) is 0 Å². The van der Waals surface area contributed by atoms with Crippen molar-refractivity contribution in [2.45, 2.75) is 6.10 Å². The molecule has 0 heterocycles. The Morgan fingerprint density at radius 3 is 2.69 bits per heavy atom. The smallest absolute Gasteiger partial charge is 0.0942 e. The molecule has 0 fully saturated rings. The number of aliphatic hydroxyl groups excluding tert-OH is 2.